The minimum absolute atomic E-state index is 0.0745. The highest BCUT2D eigenvalue weighted by atomic mass is 32.1. The van der Waals surface area contributed by atoms with E-state index in [1.807, 2.05) is 17.5 Å². The molecule has 8 nitrogen and oxygen atoms in total. The van der Waals surface area contributed by atoms with E-state index in [9.17, 15) is 9.59 Å². The number of ether oxygens (including phenoxy) is 1. The monoisotopic (exact) mass is 357 g/mol. The normalized spacial score (nSPS) is 14.3. The van der Waals surface area contributed by atoms with Crippen LogP contribution in [0.25, 0.3) is 10.6 Å². The zero-order valence-electron chi connectivity index (χ0n) is 13.6. The standard InChI is InChI=1S/C16H15N5O3S/c1-9-10(2)17-16(19-15(9)23)21-13(18-14(22)8-24-3)7-11(20-21)12-5-4-6-25-12/h4-7H,1,8H2,2-3H3,(H,18,22). The lowest BCUT2D eigenvalue weighted by atomic mass is 10.2. The number of carbonyl (C=O) groups excluding carboxylic acids is 2. The number of rotatable bonds is 4. The molecule has 3 heterocycles. The molecule has 2 amide bonds. The molecule has 1 aliphatic rings. The molecule has 0 fully saturated rings. The number of thiophene rings is 1. The van der Waals surface area contributed by atoms with Crippen LogP contribution in [0.4, 0.5) is 5.82 Å². The van der Waals surface area contributed by atoms with Crippen molar-refractivity contribution in [2.45, 2.75) is 6.92 Å². The van der Waals surface area contributed by atoms with Crippen LogP contribution in [0.15, 0.2) is 45.7 Å². The van der Waals surface area contributed by atoms with Crippen LogP contribution < -0.4 is 5.32 Å². The number of nitrogens with zero attached hydrogens (tertiary/aromatic N) is 4. The van der Waals surface area contributed by atoms with Crippen LogP contribution in [0.5, 0.6) is 0 Å². The minimum Gasteiger partial charge on any atom is -0.375 e. The number of nitrogens with one attached hydrogen (secondary N) is 1. The van der Waals surface area contributed by atoms with Gasteiger partial charge in [0.05, 0.1) is 16.2 Å². The summed E-state index contributed by atoms with van der Waals surface area (Å²) in [5.41, 5.74) is 1.33. The van der Waals surface area contributed by atoms with E-state index in [4.69, 9.17) is 4.74 Å². The molecular weight excluding hydrogens is 342 g/mol. The molecule has 0 saturated heterocycles. The summed E-state index contributed by atoms with van der Waals surface area (Å²) in [6.45, 7) is 5.20. The van der Waals surface area contributed by atoms with Gasteiger partial charge in [-0.05, 0) is 18.4 Å². The molecule has 128 valence electrons. The van der Waals surface area contributed by atoms with Crippen LogP contribution in [0.3, 0.4) is 0 Å². The second kappa shape index (κ2) is 6.91. The first kappa shape index (κ1) is 16.9. The first-order valence-electron chi connectivity index (χ1n) is 7.30. The molecule has 0 spiro atoms. The Balaban J connectivity index is 2.05. The summed E-state index contributed by atoms with van der Waals surface area (Å²) in [6, 6.07) is 5.50. The fourth-order valence-electron chi connectivity index (χ4n) is 2.13. The Morgan fingerprint density at radius 2 is 2.24 bits per heavy atom. The molecule has 0 aliphatic carbocycles. The number of methoxy groups -OCH3 is 1. The van der Waals surface area contributed by atoms with Crippen molar-refractivity contribution >= 4 is 40.6 Å². The van der Waals surface area contributed by atoms with Gasteiger partial charge >= 0.3 is 0 Å². The molecule has 25 heavy (non-hydrogen) atoms. The van der Waals surface area contributed by atoms with Crippen molar-refractivity contribution in [3.8, 4) is 10.6 Å². The average molecular weight is 357 g/mol. The Bertz CT molecular complexity index is 908. The number of anilines is 1. The van der Waals surface area contributed by atoms with Gasteiger partial charge in [-0.1, -0.05) is 12.6 Å². The van der Waals surface area contributed by atoms with Gasteiger partial charge in [-0.2, -0.15) is 14.8 Å². The van der Waals surface area contributed by atoms with Crippen LogP contribution in [-0.4, -0.2) is 47.0 Å². The SMILES string of the molecule is C=C1C(=O)N=C(n2nc(-c3cccs3)cc2NC(=O)COC)N=C1C. The highest BCUT2D eigenvalue weighted by Crippen LogP contribution is 2.26. The molecule has 1 aliphatic heterocycles. The van der Waals surface area contributed by atoms with Gasteiger partial charge in [0.15, 0.2) is 0 Å². The van der Waals surface area contributed by atoms with Crippen LogP contribution >= 0.6 is 11.3 Å². The first-order chi connectivity index (χ1) is 12.0. The van der Waals surface area contributed by atoms with E-state index in [1.165, 1.54) is 23.1 Å². The van der Waals surface area contributed by atoms with E-state index in [2.05, 4.69) is 27.0 Å². The van der Waals surface area contributed by atoms with E-state index < -0.39 is 5.91 Å². The highest BCUT2D eigenvalue weighted by Gasteiger charge is 2.22. The number of hydrogen-bond donors (Lipinski definition) is 1. The Hall–Kier alpha value is -2.91. The lowest BCUT2D eigenvalue weighted by molar-refractivity contribution is -0.119. The maximum absolute atomic E-state index is 11.9. The summed E-state index contributed by atoms with van der Waals surface area (Å²) in [4.78, 5) is 32.9. The molecule has 0 atom stereocenters. The van der Waals surface area contributed by atoms with Crippen LogP contribution in [0.1, 0.15) is 6.92 Å². The smallest absolute Gasteiger partial charge is 0.281 e. The molecule has 1 N–H and O–H groups in total. The molecule has 0 radical (unpaired) electrons. The average Bonchev–Trinajstić information content (AvgIpc) is 3.21. The van der Waals surface area contributed by atoms with E-state index in [0.29, 0.717) is 17.2 Å². The molecular formula is C16H15N5O3S. The lowest BCUT2D eigenvalue weighted by Gasteiger charge is -2.12. The van der Waals surface area contributed by atoms with Gasteiger partial charge < -0.3 is 10.1 Å². The summed E-state index contributed by atoms with van der Waals surface area (Å²) in [6.07, 6.45) is 0. The second-order valence-corrected chi connectivity index (χ2v) is 6.13. The summed E-state index contributed by atoms with van der Waals surface area (Å²) in [5, 5.41) is 9.05. The summed E-state index contributed by atoms with van der Waals surface area (Å²) < 4.78 is 6.16. The van der Waals surface area contributed by atoms with Crippen LogP contribution in [-0.2, 0) is 14.3 Å². The third-order valence-corrected chi connectivity index (χ3v) is 4.27. The largest absolute Gasteiger partial charge is 0.375 e. The molecule has 2 aromatic rings. The number of hydrogen-bond acceptors (Lipinski definition) is 6. The van der Waals surface area contributed by atoms with Gasteiger partial charge in [0, 0.05) is 13.2 Å². The van der Waals surface area contributed by atoms with Gasteiger partial charge in [0.25, 0.3) is 17.8 Å². The summed E-state index contributed by atoms with van der Waals surface area (Å²) >= 11 is 1.51. The fourth-order valence-corrected chi connectivity index (χ4v) is 2.81. The predicted molar refractivity (Wildman–Crippen MR) is 96.1 cm³/mol. The van der Waals surface area contributed by atoms with Crippen molar-refractivity contribution in [3.05, 3.63) is 35.7 Å². The molecule has 2 aromatic heterocycles. The third kappa shape index (κ3) is 3.47. The van der Waals surface area contributed by atoms with Crippen molar-refractivity contribution < 1.29 is 14.3 Å². The van der Waals surface area contributed by atoms with E-state index in [1.54, 1.807) is 13.0 Å². The van der Waals surface area contributed by atoms with E-state index >= 15 is 0 Å². The van der Waals surface area contributed by atoms with Crippen LogP contribution in [0.2, 0.25) is 0 Å². The van der Waals surface area contributed by atoms with Crippen molar-refractivity contribution in [1.29, 1.82) is 0 Å². The van der Waals surface area contributed by atoms with Crippen LogP contribution in [0, 0.1) is 0 Å². The predicted octanol–water partition coefficient (Wildman–Crippen LogP) is 1.96. The number of carbonyl (C=O) groups is 2. The Kier molecular flexibility index (Phi) is 4.68. The molecule has 0 unspecified atom stereocenters. The maximum atomic E-state index is 11.9. The Morgan fingerprint density at radius 3 is 2.88 bits per heavy atom. The zero-order valence-corrected chi connectivity index (χ0v) is 14.5. The fraction of sp³-hybridized carbons (Fsp3) is 0.188. The number of amides is 2. The van der Waals surface area contributed by atoms with E-state index in [0.717, 1.165) is 4.88 Å². The van der Waals surface area contributed by atoms with Crippen molar-refractivity contribution in [3.63, 3.8) is 0 Å². The number of aliphatic imine (C=N–C) groups is 2. The van der Waals surface area contributed by atoms with Gasteiger partial charge in [-0.15, -0.1) is 11.3 Å². The molecule has 0 aromatic carbocycles. The lowest BCUT2D eigenvalue weighted by Crippen LogP contribution is -2.26. The minimum atomic E-state index is -0.482. The van der Waals surface area contributed by atoms with Crippen molar-refractivity contribution in [1.82, 2.24) is 9.78 Å². The Labute approximate surface area is 147 Å². The third-order valence-electron chi connectivity index (χ3n) is 3.38. The molecule has 0 bridgehead atoms. The van der Waals surface area contributed by atoms with Gasteiger partial charge in [-0.3, -0.25) is 9.59 Å². The van der Waals surface area contributed by atoms with Gasteiger partial charge in [-0.25, -0.2) is 4.99 Å². The summed E-state index contributed by atoms with van der Waals surface area (Å²) in [7, 11) is 1.43. The Morgan fingerprint density at radius 1 is 1.44 bits per heavy atom. The second-order valence-electron chi connectivity index (χ2n) is 5.18. The molecule has 3 rings (SSSR count). The zero-order chi connectivity index (χ0) is 18.0. The quantitative estimate of drug-likeness (QED) is 0.846. The highest BCUT2D eigenvalue weighted by molar-refractivity contribution is 7.13. The van der Waals surface area contributed by atoms with Crippen molar-refractivity contribution in [2.75, 3.05) is 19.0 Å². The summed E-state index contributed by atoms with van der Waals surface area (Å²) in [5.74, 6) is -0.412. The maximum Gasteiger partial charge on any atom is 0.281 e. The van der Waals surface area contributed by atoms with Crippen molar-refractivity contribution in [2.24, 2.45) is 9.98 Å². The number of aromatic nitrogens is 2. The first-order valence-corrected chi connectivity index (χ1v) is 8.18. The molecule has 0 saturated carbocycles. The topological polar surface area (TPSA) is 97.9 Å². The van der Waals surface area contributed by atoms with Gasteiger partial charge in [0.2, 0.25) is 0 Å². The van der Waals surface area contributed by atoms with Gasteiger partial charge in [0.1, 0.15) is 18.1 Å². The molecule has 9 heteroatoms. The van der Waals surface area contributed by atoms with E-state index in [-0.39, 0.29) is 24.0 Å².